The maximum absolute atomic E-state index is 12.1. The van der Waals surface area contributed by atoms with Crippen LogP contribution in [0, 0.1) is 0 Å². The van der Waals surface area contributed by atoms with E-state index >= 15 is 0 Å². The fourth-order valence-electron chi connectivity index (χ4n) is 1.43. The molecule has 0 atom stereocenters. The number of aromatic nitrogens is 1. The fraction of sp³-hybridized carbons (Fsp3) is 0.182. The molecule has 19 heavy (non-hydrogen) atoms. The molecule has 102 valence electrons. The molecule has 8 heteroatoms. The van der Waals surface area contributed by atoms with Gasteiger partial charge in [0.05, 0.1) is 29.3 Å². The molecule has 0 radical (unpaired) electrons. The van der Waals surface area contributed by atoms with E-state index in [-0.39, 0.29) is 18.0 Å². The van der Waals surface area contributed by atoms with Crippen LogP contribution in [0.15, 0.2) is 38.5 Å². The van der Waals surface area contributed by atoms with E-state index in [1.165, 1.54) is 17.4 Å². The van der Waals surface area contributed by atoms with Gasteiger partial charge >= 0.3 is 0 Å². The predicted molar refractivity (Wildman–Crippen MR) is 76.2 cm³/mol. The van der Waals surface area contributed by atoms with Crippen molar-refractivity contribution in [3.8, 4) is 0 Å². The number of rotatable bonds is 5. The summed E-state index contributed by atoms with van der Waals surface area (Å²) in [5, 5.41) is 10.8. The topological polar surface area (TPSA) is 79.3 Å². The Labute approximate surface area is 123 Å². The number of aliphatic hydroxyl groups excluding tert-OH is 1. The van der Waals surface area contributed by atoms with Gasteiger partial charge in [0, 0.05) is 9.85 Å². The van der Waals surface area contributed by atoms with E-state index in [1.54, 1.807) is 23.0 Å². The number of hydrogen-bond donors (Lipinski definition) is 2. The second kappa shape index (κ2) is 6.10. The van der Waals surface area contributed by atoms with Gasteiger partial charge < -0.3 is 5.11 Å². The van der Waals surface area contributed by atoms with Crippen LogP contribution >= 0.6 is 27.3 Å². The Morgan fingerprint density at radius 3 is 2.79 bits per heavy atom. The minimum Gasteiger partial charge on any atom is -0.392 e. The Balaban J connectivity index is 2.19. The molecule has 1 heterocycles. The van der Waals surface area contributed by atoms with Crippen LogP contribution in [0.4, 0.5) is 0 Å². The molecule has 0 aliphatic rings. The van der Waals surface area contributed by atoms with Gasteiger partial charge in [0.2, 0.25) is 10.0 Å². The van der Waals surface area contributed by atoms with Crippen LogP contribution < -0.4 is 4.72 Å². The molecule has 0 amide bonds. The summed E-state index contributed by atoms with van der Waals surface area (Å²) in [6, 6.07) is 4.61. The van der Waals surface area contributed by atoms with Crippen LogP contribution in [0.1, 0.15) is 11.3 Å². The number of nitrogens with zero attached hydrogens (tertiary/aromatic N) is 1. The molecule has 0 spiro atoms. The summed E-state index contributed by atoms with van der Waals surface area (Å²) < 4.78 is 27.1. The standard InChI is InChI=1S/C11H11BrN2O3S2/c12-10-3-8(5-15)1-2-11(10)19(16,17)14-4-9-6-18-7-13-9/h1-3,6-7,14-15H,4-5H2. The summed E-state index contributed by atoms with van der Waals surface area (Å²) in [5.41, 5.74) is 2.97. The first-order valence-corrected chi connectivity index (χ1v) is 8.51. The molecule has 1 aromatic carbocycles. The van der Waals surface area contributed by atoms with Crippen molar-refractivity contribution in [1.82, 2.24) is 9.71 Å². The van der Waals surface area contributed by atoms with Crippen molar-refractivity contribution in [2.24, 2.45) is 0 Å². The molecule has 0 unspecified atom stereocenters. The fourth-order valence-corrected chi connectivity index (χ4v) is 4.11. The first kappa shape index (κ1) is 14.6. The predicted octanol–water partition coefficient (Wildman–Crippen LogP) is 1.88. The Hall–Kier alpha value is -0.800. The number of hydrogen-bond acceptors (Lipinski definition) is 5. The van der Waals surface area contributed by atoms with Crippen molar-refractivity contribution in [2.45, 2.75) is 18.0 Å². The highest BCUT2D eigenvalue weighted by atomic mass is 79.9. The lowest BCUT2D eigenvalue weighted by atomic mass is 10.2. The minimum atomic E-state index is -3.61. The highest BCUT2D eigenvalue weighted by molar-refractivity contribution is 9.10. The molecule has 0 saturated carbocycles. The Morgan fingerprint density at radius 2 is 2.21 bits per heavy atom. The number of thiazole rings is 1. The SMILES string of the molecule is O=S(=O)(NCc1cscn1)c1ccc(CO)cc1Br. The van der Waals surface area contributed by atoms with Crippen molar-refractivity contribution < 1.29 is 13.5 Å². The van der Waals surface area contributed by atoms with Crippen LogP contribution in [0.5, 0.6) is 0 Å². The molecule has 2 N–H and O–H groups in total. The average molecular weight is 363 g/mol. The van der Waals surface area contributed by atoms with Crippen molar-refractivity contribution in [2.75, 3.05) is 0 Å². The molecule has 0 fully saturated rings. The second-order valence-corrected chi connectivity index (χ2v) is 7.04. The summed E-state index contributed by atoms with van der Waals surface area (Å²) >= 11 is 4.61. The molecular weight excluding hydrogens is 352 g/mol. The van der Waals surface area contributed by atoms with E-state index in [0.717, 1.165) is 0 Å². The maximum atomic E-state index is 12.1. The third-order valence-corrected chi connectivity index (χ3v) is 5.41. The van der Waals surface area contributed by atoms with Gasteiger partial charge in [0.15, 0.2) is 0 Å². The van der Waals surface area contributed by atoms with Crippen LogP contribution in [0.3, 0.4) is 0 Å². The quantitative estimate of drug-likeness (QED) is 0.850. The lowest BCUT2D eigenvalue weighted by Crippen LogP contribution is -2.23. The first-order valence-electron chi connectivity index (χ1n) is 5.29. The van der Waals surface area contributed by atoms with Crippen molar-refractivity contribution >= 4 is 37.3 Å². The average Bonchev–Trinajstić information content (AvgIpc) is 2.89. The molecule has 0 saturated heterocycles. The highest BCUT2D eigenvalue weighted by Gasteiger charge is 2.17. The maximum Gasteiger partial charge on any atom is 0.242 e. The summed E-state index contributed by atoms with van der Waals surface area (Å²) in [6.45, 7) is 0.0191. The number of sulfonamides is 1. The zero-order valence-corrected chi connectivity index (χ0v) is 12.9. The largest absolute Gasteiger partial charge is 0.392 e. The van der Waals surface area contributed by atoms with Gasteiger partial charge in [-0.05, 0) is 33.6 Å². The molecular formula is C11H11BrN2O3S2. The smallest absolute Gasteiger partial charge is 0.242 e. The lowest BCUT2D eigenvalue weighted by molar-refractivity contribution is 0.281. The van der Waals surface area contributed by atoms with Gasteiger partial charge in [-0.25, -0.2) is 18.1 Å². The third kappa shape index (κ3) is 3.61. The van der Waals surface area contributed by atoms with Gasteiger partial charge in [-0.2, -0.15) is 0 Å². The molecule has 0 aliphatic heterocycles. The number of halogens is 1. The molecule has 2 rings (SSSR count). The zero-order chi connectivity index (χ0) is 13.9. The third-order valence-electron chi connectivity index (χ3n) is 2.40. The van der Waals surface area contributed by atoms with Crippen LogP contribution in [-0.4, -0.2) is 18.5 Å². The lowest BCUT2D eigenvalue weighted by Gasteiger charge is -2.08. The van der Waals surface area contributed by atoms with E-state index in [0.29, 0.717) is 15.7 Å². The van der Waals surface area contributed by atoms with Crippen LogP contribution in [0.2, 0.25) is 0 Å². The summed E-state index contributed by atoms with van der Waals surface area (Å²) in [6.07, 6.45) is 0. The van der Waals surface area contributed by atoms with Gasteiger partial charge in [0.1, 0.15) is 0 Å². The summed E-state index contributed by atoms with van der Waals surface area (Å²) in [7, 11) is -3.61. The van der Waals surface area contributed by atoms with Crippen LogP contribution in [-0.2, 0) is 23.2 Å². The van der Waals surface area contributed by atoms with E-state index in [4.69, 9.17) is 5.11 Å². The Kier molecular flexibility index (Phi) is 4.69. The highest BCUT2D eigenvalue weighted by Crippen LogP contribution is 2.23. The number of aliphatic hydroxyl groups is 1. The number of nitrogens with one attached hydrogen (secondary N) is 1. The van der Waals surface area contributed by atoms with E-state index in [9.17, 15) is 8.42 Å². The van der Waals surface area contributed by atoms with E-state index in [2.05, 4.69) is 25.6 Å². The number of benzene rings is 1. The monoisotopic (exact) mass is 362 g/mol. The Bertz CT molecular complexity index is 657. The van der Waals surface area contributed by atoms with Gasteiger partial charge in [-0.1, -0.05) is 6.07 Å². The van der Waals surface area contributed by atoms with E-state index in [1.807, 2.05) is 0 Å². The summed E-state index contributed by atoms with van der Waals surface area (Å²) in [4.78, 5) is 4.15. The van der Waals surface area contributed by atoms with Crippen molar-refractivity contribution in [3.63, 3.8) is 0 Å². The van der Waals surface area contributed by atoms with Gasteiger partial charge in [-0.15, -0.1) is 11.3 Å². The second-order valence-electron chi connectivity index (χ2n) is 3.73. The van der Waals surface area contributed by atoms with E-state index < -0.39 is 10.0 Å². The molecule has 5 nitrogen and oxygen atoms in total. The molecule has 1 aromatic heterocycles. The molecule has 2 aromatic rings. The molecule has 0 bridgehead atoms. The molecule has 0 aliphatic carbocycles. The first-order chi connectivity index (χ1) is 9.03. The zero-order valence-electron chi connectivity index (χ0n) is 9.71. The van der Waals surface area contributed by atoms with Crippen LogP contribution in [0.25, 0.3) is 0 Å². The summed E-state index contributed by atoms with van der Waals surface area (Å²) in [5.74, 6) is 0. The minimum absolute atomic E-state index is 0.134. The normalized spacial score (nSPS) is 11.7. The van der Waals surface area contributed by atoms with Crippen molar-refractivity contribution in [1.29, 1.82) is 0 Å². The van der Waals surface area contributed by atoms with Gasteiger partial charge in [-0.3, -0.25) is 0 Å². The van der Waals surface area contributed by atoms with Gasteiger partial charge in [0.25, 0.3) is 0 Å². The Morgan fingerprint density at radius 1 is 1.42 bits per heavy atom. The van der Waals surface area contributed by atoms with Crippen molar-refractivity contribution in [3.05, 3.63) is 44.8 Å².